The van der Waals surface area contributed by atoms with Crippen molar-refractivity contribution in [1.82, 2.24) is 14.1 Å². The molecule has 9 rings (SSSR count). The predicted molar refractivity (Wildman–Crippen MR) is 219 cm³/mol. The van der Waals surface area contributed by atoms with E-state index in [2.05, 4.69) is 184 Å². The zero-order valence-corrected chi connectivity index (χ0v) is 34.9. The van der Waals surface area contributed by atoms with Gasteiger partial charge in [-0.1, -0.05) is 102 Å². The van der Waals surface area contributed by atoms with Crippen LogP contribution in [0.1, 0.15) is 75.1 Å². The van der Waals surface area contributed by atoms with E-state index in [0.717, 1.165) is 78.1 Å². The average Bonchev–Trinajstić information content (AvgIpc) is 3.79. The number of aromatic nitrogens is 4. The summed E-state index contributed by atoms with van der Waals surface area (Å²) in [7, 11) is 0. The topological polar surface area (TPSA) is 39.8 Å². The standard InChI is InChI=1S/C49H44N4O.Pt/c1-31-32(2)54-46-28-47(50-29-41(31)46)53-42-14-10-9-13-39(42)40-22-17-33(26-45(40)53)23-34-24-36(49(6,7)8)27-38(25-34)52-30-51(43-15-11-12-16-44(43)52)37-20-18-35(19-21-37)48(3,4)5;/h9-22,24,27-29H,23H2,1-8H3;/q-2;. The molecule has 6 heteroatoms. The van der Waals surface area contributed by atoms with Crippen molar-refractivity contribution in [2.24, 2.45) is 0 Å². The molecular weight excluding hydrogens is 856 g/mol. The van der Waals surface area contributed by atoms with Gasteiger partial charge in [-0.3, -0.25) is 4.57 Å². The Morgan fingerprint density at radius 2 is 1.40 bits per heavy atom. The molecule has 0 aliphatic carbocycles. The normalized spacial score (nSPS) is 12.3. The van der Waals surface area contributed by atoms with Crippen LogP contribution in [0.15, 0.2) is 114 Å². The summed E-state index contributed by atoms with van der Waals surface area (Å²) in [4.78, 5) is 4.95. The molecule has 0 bridgehead atoms. The number of furan rings is 1. The first kappa shape index (κ1) is 36.7. The second-order valence-electron chi connectivity index (χ2n) is 16.7. The number of rotatable bonds is 5. The largest absolute Gasteiger partial charge is 0.461 e. The first-order valence-corrected chi connectivity index (χ1v) is 18.8. The summed E-state index contributed by atoms with van der Waals surface area (Å²) in [6.45, 7) is 17.6. The van der Waals surface area contributed by atoms with Crippen LogP contribution in [-0.4, -0.2) is 14.1 Å². The fourth-order valence-corrected chi connectivity index (χ4v) is 7.63. The van der Waals surface area contributed by atoms with Crippen LogP contribution in [0.25, 0.3) is 61.0 Å². The molecule has 0 amide bonds. The number of fused-ring (bicyclic) bond motifs is 5. The molecule has 4 heterocycles. The Bertz CT molecular complexity index is 2890. The van der Waals surface area contributed by atoms with Crippen LogP contribution in [0.2, 0.25) is 0 Å². The van der Waals surface area contributed by atoms with Crippen molar-refractivity contribution in [2.75, 3.05) is 0 Å². The van der Waals surface area contributed by atoms with Crippen LogP contribution in [0.5, 0.6) is 0 Å². The quantitative estimate of drug-likeness (QED) is 0.128. The molecule has 0 saturated heterocycles. The van der Waals surface area contributed by atoms with Crippen LogP contribution >= 0.6 is 0 Å². The van der Waals surface area contributed by atoms with E-state index in [0.29, 0.717) is 6.42 Å². The first-order chi connectivity index (χ1) is 25.8. The SMILES string of the molecule is Cc1oc2cc(-n3c4[c-]c(Cc5[c-]c(-n6[c-][n+](-c7ccc(C(C)(C)C)cc7)c7ccccc76)cc(C(C)(C)C)c5)ccc4c4ccccc43)ncc2c1C.[Pt]. The zero-order valence-electron chi connectivity index (χ0n) is 32.6. The van der Waals surface area contributed by atoms with Gasteiger partial charge < -0.3 is 13.6 Å². The molecule has 0 atom stereocenters. The Kier molecular flexibility index (Phi) is 9.01. The number of pyridine rings is 1. The van der Waals surface area contributed by atoms with Gasteiger partial charge in [-0.15, -0.1) is 5.39 Å². The second kappa shape index (κ2) is 13.5. The molecule has 278 valence electrons. The van der Waals surface area contributed by atoms with Crippen LogP contribution in [0.3, 0.4) is 0 Å². The van der Waals surface area contributed by atoms with E-state index in [1.54, 1.807) is 0 Å². The summed E-state index contributed by atoms with van der Waals surface area (Å²) in [6, 6.07) is 44.6. The van der Waals surface area contributed by atoms with E-state index in [4.69, 9.17) is 9.40 Å². The monoisotopic (exact) mass is 899 g/mol. The Balaban J connectivity index is 0.00000427. The molecule has 0 fully saturated rings. The van der Waals surface area contributed by atoms with Crippen molar-refractivity contribution < 1.29 is 30.0 Å². The molecule has 5 nitrogen and oxygen atoms in total. The predicted octanol–water partition coefficient (Wildman–Crippen LogP) is 11.3. The van der Waals surface area contributed by atoms with Gasteiger partial charge >= 0.3 is 0 Å². The van der Waals surface area contributed by atoms with Gasteiger partial charge in [0, 0.05) is 44.2 Å². The minimum absolute atomic E-state index is 0. The number of benzene rings is 5. The maximum atomic E-state index is 6.15. The van der Waals surface area contributed by atoms with Gasteiger partial charge in [-0.05, 0) is 71.5 Å². The molecule has 5 aromatic carbocycles. The summed E-state index contributed by atoms with van der Waals surface area (Å²) in [6.07, 6.45) is 6.31. The molecule has 0 radical (unpaired) electrons. The minimum atomic E-state index is -0.0761. The van der Waals surface area contributed by atoms with Crippen LogP contribution in [0.4, 0.5) is 0 Å². The van der Waals surface area contributed by atoms with E-state index >= 15 is 0 Å². The van der Waals surface area contributed by atoms with E-state index in [1.807, 2.05) is 13.1 Å². The Morgan fingerprint density at radius 1 is 0.691 bits per heavy atom. The number of nitrogens with zero attached hydrogens (tertiary/aromatic N) is 4. The molecular formula is C49H44N4OPt-2. The molecule has 55 heavy (non-hydrogen) atoms. The van der Waals surface area contributed by atoms with Gasteiger partial charge in [0.05, 0.1) is 16.7 Å². The van der Waals surface area contributed by atoms with Crippen molar-refractivity contribution in [3.63, 3.8) is 0 Å². The fourth-order valence-electron chi connectivity index (χ4n) is 7.63. The van der Waals surface area contributed by atoms with E-state index in [-0.39, 0.29) is 31.9 Å². The van der Waals surface area contributed by atoms with Crippen molar-refractivity contribution in [3.05, 3.63) is 161 Å². The summed E-state index contributed by atoms with van der Waals surface area (Å²) in [5.74, 6) is 1.74. The zero-order chi connectivity index (χ0) is 37.5. The third-order valence-electron chi connectivity index (χ3n) is 10.9. The third kappa shape index (κ3) is 6.43. The summed E-state index contributed by atoms with van der Waals surface area (Å²) in [5.41, 5.74) is 13.0. The maximum Gasteiger partial charge on any atom is 0.268 e. The number of imidazole rings is 1. The molecule has 4 aromatic heterocycles. The van der Waals surface area contributed by atoms with E-state index in [1.165, 1.54) is 16.5 Å². The molecule has 0 aliphatic heterocycles. The maximum absolute atomic E-state index is 6.15. The van der Waals surface area contributed by atoms with Gasteiger partial charge in [0.25, 0.3) is 6.33 Å². The summed E-state index contributed by atoms with van der Waals surface area (Å²) in [5, 5.41) is 3.36. The molecule has 0 aliphatic rings. The number of para-hydroxylation sites is 3. The Hall–Kier alpha value is -5.25. The molecule has 0 N–H and O–H groups in total. The summed E-state index contributed by atoms with van der Waals surface area (Å²) < 4.78 is 12.7. The number of aryl methyl sites for hydroxylation is 2. The number of hydrogen-bond donors (Lipinski definition) is 0. The van der Waals surface area contributed by atoms with Gasteiger partial charge in [0.15, 0.2) is 0 Å². The second-order valence-corrected chi connectivity index (χ2v) is 16.7. The van der Waals surface area contributed by atoms with Gasteiger partial charge in [0.2, 0.25) is 0 Å². The number of hydrogen-bond acceptors (Lipinski definition) is 2. The smallest absolute Gasteiger partial charge is 0.268 e. The molecule has 0 saturated carbocycles. The minimum Gasteiger partial charge on any atom is -0.461 e. The van der Waals surface area contributed by atoms with Crippen molar-refractivity contribution in [3.8, 4) is 17.2 Å². The van der Waals surface area contributed by atoms with E-state index < -0.39 is 0 Å². The Morgan fingerprint density at radius 3 is 2.15 bits per heavy atom. The van der Waals surface area contributed by atoms with Gasteiger partial charge in [0.1, 0.15) is 17.2 Å². The van der Waals surface area contributed by atoms with Crippen LogP contribution in [-0.2, 0) is 38.3 Å². The van der Waals surface area contributed by atoms with E-state index in [9.17, 15) is 0 Å². The molecule has 9 aromatic rings. The average molecular weight is 900 g/mol. The first-order valence-electron chi connectivity index (χ1n) is 18.8. The van der Waals surface area contributed by atoms with Crippen molar-refractivity contribution in [1.29, 1.82) is 0 Å². The fraction of sp³-hybridized carbons (Fsp3) is 0.224. The summed E-state index contributed by atoms with van der Waals surface area (Å²) >= 11 is 0. The van der Waals surface area contributed by atoms with Gasteiger partial charge in [-0.25, -0.2) is 4.98 Å². The Labute approximate surface area is 337 Å². The van der Waals surface area contributed by atoms with Crippen LogP contribution < -0.4 is 4.57 Å². The van der Waals surface area contributed by atoms with Crippen LogP contribution in [0, 0.1) is 32.3 Å². The molecule has 0 unspecified atom stereocenters. The van der Waals surface area contributed by atoms with Crippen molar-refractivity contribution >= 4 is 43.8 Å². The van der Waals surface area contributed by atoms with Crippen molar-refractivity contribution in [2.45, 2.75) is 72.6 Å². The molecule has 0 spiro atoms. The van der Waals surface area contributed by atoms with Gasteiger partial charge in [-0.2, -0.15) is 53.1 Å². The third-order valence-corrected chi connectivity index (χ3v) is 10.9.